The van der Waals surface area contributed by atoms with E-state index in [1.54, 1.807) is 59.6 Å². The van der Waals surface area contributed by atoms with Gasteiger partial charge in [0.2, 0.25) is 5.91 Å². The second-order valence-corrected chi connectivity index (χ2v) is 11.0. The van der Waals surface area contributed by atoms with Crippen molar-refractivity contribution in [2.24, 2.45) is 0 Å². The first-order valence-corrected chi connectivity index (χ1v) is 14.6. The normalized spacial score (nSPS) is 14.3. The second kappa shape index (κ2) is 13.7. The molecule has 1 atom stereocenters. The number of amides is 3. The van der Waals surface area contributed by atoms with E-state index >= 15 is 0 Å². The lowest BCUT2D eigenvalue weighted by molar-refractivity contribution is -0.121. The molecule has 8 nitrogen and oxygen atoms in total. The zero-order valence-electron chi connectivity index (χ0n) is 23.5. The number of benzene rings is 3. The van der Waals surface area contributed by atoms with Crippen molar-refractivity contribution in [3.05, 3.63) is 117 Å². The SMILES string of the molecule is COc1cc(NC(=O)c2ccccc2Cl)ccc1C(=O)N1CCCC(CC(=O)NCc2ccccn2)c2cc(Cl)ccc21. The zero-order chi connectivity index (χ0) is 30.3. The summed E-state index contributed by atoms with van der Waals surface area (Å²) >= 11 is 12.6. The fourth-order valence-corrected chi connectivity index (χ4v) is 5.62. The molecule has 1 aromatic heterocycles. The number of ether oxygens (including phenoxy) is 1. The minimum absolute atomic E-state index is 0.0996. The molecule has 0 saturated carbocycles. The molecule has 43 heavy (non-hydrogen) atoms. The van der Waals surface area contributed by atoms with Crippen molar-refractivity contribution in [1.82, 2.24) is 10.3 Å². The number of anilines is 2. The number of rotatable bonds is 8. The number of nitrogens with zero attached hydrogens (tertiary/aromatic N) is 2. The molecule has 2 heterocycles. The quantitative estimate of drug-likeness (QED) is 0.225. The van der Waals surface area contributed by atoms with E-state index in [9.17, 15) is 14.4 Å². The summed E-state index contributed by atoms with van der Waals surface area (Å²) in [5.74, 6) is -0.547. The molecule has 0 aliphatic carbocycles. The summed E-state index contributed by atoms with van der Waals surface area (Å²) < 4.78 is 5.58. The molecule has 1 unspecified atom stereocenters. The Morgan fingerprint density at radius 1 is 0.977 bits per heavy atom. The third kappa shape index (κ3) is 7.16. The maximum atomic E-state index is 14.0. The lowest BCUT2D eigenvalue weighted by Gasteiger charge is -2.25. The zero-order valence-corrected chi connectivity index (χ0v) is 25.0. The summed E-state index contributed by atoms with van der Waals surface area (Å²) in [6.07, 6.45) is 3.34. The molecule has 3 amide bonds. The summed E-state index contributed by atoms with van der Waals surface area (Å²) in [5, 5.41) is 6.63. The summed E-state index contributed by atoms with van der Waals surface area (Å²) in [5.41, 5.74) is 3.45. The molecule has 3 aromatic carbocycles. The van der Waals surface area contributed by atoms with Gasteiger partial charge in [-0.15, -0.1) is 0 Å². The Morgan fingerprint density at radius 2 is 1.79 bits per heavy atom. The highest BCUT2D eigenvalue weighted by atomic mass is 35.5. The number of methoxy groups -OCH3 is 1. The molecule has 1 aliphatic heterocycles. The summed E-state index contributed by atoms with van der Waals surface area (Å²) in [7, 11) is 1.47. The highest BCUT2D eigenvalue weighted by Gasteiger charge is 2.30. The van der Waals surface area contributed by atoms with Crippen molar-refractivity contribution >= 4 is 52.3 Å². The van der Waals surface area contributed by atoms with Crippen molar-refractivity contribution in [3.8, 4) is 5.75 Å². The standard InChI is InChI=1S/C33H30Cl2N4O4/c1-43-30-19-23(38-32(41)25-9-2-3-10-28(25)35)12-13-26(30)33(42)39-16-6-7-21(27-18-22(34)11-14-29(27)39)17-31(40)37-20-24-8-4-5-15-36-24/h2-5,8-15,18-19,21H,6-7,16-17,20H2,1H3,(H,37,40)(H,38,41). The fraction of sp³-hybridized carbons (Fsp3) is 0.212. The van der Waals surface area contributed by atoms with Gasteiger partial charge in [0.1, 0.15) is 5.75 Å². The molecule has 0 bridgehead atoms. The number of hydrogen-bond acceptors (Lipinski definition) is 5. The number of nitrogens with one attached hydrogen (secondary N) is 2. The van der Waals surface area contributed by atoms with Crippen molar-refractivity contribution in [2.75, 3.05) is 23.9 Å². The lowest BCUT2D eigenvalue weighted by atomic mass is 9.90. The van der Waals surface area contributed by atoms with Crippen LogP contribution in [0.4, 0.5) is 11.4 Å². The molecule has 4 aromatic rings. The molecule has 1 aliphatic rings. The van der Waals surface area contributed by atoms with Gasteiger partial charge in [0.15, 0.2) is 0 Å². The minimum Gasteiger partial charge on any atom is -0.496 e. The van der Waals surface area contributed by atoms with E-state index in [4.69, 9.17) is 27.9 Å². The van der Waals surface area contributed by atoms with Crippen LogP contribution in [0.15, 0.2) is 85.1 Å². The average molecular weight is 618 g/mol. The number of carbonyl (C=O) groups excluding carboxylic acids is 3. The van der Waals surface area contributed by atoms with E-state index in [1.165, 1.54) is 7.11 Å². The highest BCUT2D eigenvalue weighted by Crippen LogP contribution is 2.39. The molecular weight excluding hydrogens is 587 g/mol. The number of carbonyl (C=O) groups is 3. The third-order valence-corrected chi connectivity index (χ3v) is 7.90. The third-order valence-electron chi connectivity index (χ3n) is 7.33. The van der Waals surface area contributed by atoms with Crippen LogP contribution in [0.1, 0.15) is 57.2 Å². The van der Waals surface area contributed by atoms with Gasteiger partial charge in [-0.1, -0.05) is 41.4 Å². The van der Waals surface area contributed by atoms with Crippen LogP contribution in [-0.4, -0.2) is 36.4 Å². The predicted octanol–water partition coefficient (Wildman–Crippen LogP) is 6.88. The monoisotopic (exact) mass is 616 g/mol. The van der Waals surface area contributed by atoms with E-state index < -0.39 is 0 Å². The van der Waals surface area contributed by atoms with Crippen LogP contribution in [0.5, 0.6) is 5.75 Å². The van der Waals surface area contributed by atoms with Gasteiger partial charge in [-0.25, -0.2) is 0 Å². The van der Waals surface area contributed by atoms with Crippen molar-refractivity contribution < 1.29 is 19.1 Å². The van der Waals surface area contributed by atoms with Gasteiger partial charge < -0.3 is 20.3 Å². The van der Waals surface area contributed by atoms with Gasteiger partial charge >= 0.3 is 0 Å². The molecule has 0 fully saturated rings. The topological polar surface area (TPSA) is 101 Å². The second-order valence-electron chi connectivity index (χ2n) is 10.2. The van der Waals surface area contributed by atoms with Crippen LogP contribution in [0.2, 0.25) is 10.0 Å². The van der Waals surface area contributed by atoms with E-state index in [1.807, 2.05) is 30.3 Å². The van der Waals surface area contributed by atoms with Crippen LogP contribution in [0, 0.1) is 0 Å². The maximum Gasteiger partial charge on any atom is 0.262 e. The first kappa shape index (κ1) is 30.1. The van der Waals surface area contributed by atoms with Crippen LogP contribution >= 0.6 is 23.2 Å². The van der Waals surface area contributed by atoms with Crippen LogP contribution in [0.25, 0.3) is 0 Å². The Hall–Kier alpha value is -4.40. The lowest BCUT2D eigenvalue weighted by Crippen LogP contribution is -2.32. The largest absolute Gasteiger partial charge is 0.496 e. The fourth-order valence-electron chi connectivity index (χ4n) is 5.22. The van der Waals surface area contributed by atoms with E-state index in [2.05, 4.69) is 15.6 Å². The first-order valence-electron chi connectivity index (χ1n) is 13.9. The summed E-state index contributed by atoms with van der Waals surface area (Å²) in [6, 6.07) is 22.6. The van der Waals surface area contributed by atoms with Crippen LogP contribution in [-0.2, 0) is 11.3 Å². The molecular formula is C33H30Cl2N4O4. The van der Waals surface area contributed by atoms with Crippen molar-refractivity contribution in [3.63, 3.8) is 0 Å². The summed E-state index contributed by atoms with van der Waals surface area (Å²) in [6.45, 7) is 0.793. The summed E-state index contributed by atoms with van der Waals surface area (Å²) in [4.78, 5) is 45.6. The molecule has 2 N–H and O–H groups in total. The molecule has 10 heteroatoms. The van der Waals surface area contributed by atoms with Gasteiger partial charge in [-0.05, 0) is 78.9 Å². The van der Waals surface area contributed by atoms with Gasteiger partial charge in [-0.2, -0.15) is 0 Å². The average Bonchev–Trinajstić information content (AvgIpc) is 3.19. The molecule has 220 valence electrons. The highest BCUT2D eigenvalue weighted by molar-refractivity contribution is 6.34. The molecule has 0 radical (unpaired) electrons. The number of halogens is 2. The predicted molar refractivity (Wildman–Crippen MR) is 168 cm³/mol. The Kier molecular flexibility index (Phi) is 9.59. The number of hydrogen-bond donors (Lipinski definition) is 2. The van der Waals surface area contributed by atoms with Crippen molar-refractivity contribution in [1.29, 1.82) is 0 Å². The van der Waals surface area contributed by atoms with E-state index in [-0.39, 0.29) is 30.1 Å². The Bertz CT molecular complexity index is 1650. The first-order chi connectivity index (χ1) is 20.8. The molecule has 0 spiro atoms. The Labute approximate surface area is 260 Å². The number of pyridine rings is 1. The van der Waals surface area contributed by atoms with Gasteiger partial charge in [0, 0.05) is 41.6 Å². The smallest absolute Gasteiger partial charge is 0.262 e. The van der Waals surface area contributed by atoms with Crippen LogP contribution < -0.4 is 20.3 Å². The minimum atomic E-state index is -0.375. The van der Waals surface area contributed by atoms with E-state index in [0.717, 1.165) is 11.3 Å². The van der Waals surface area contributed by atoms with Gasteiger partial charge in [0.05, 0.1) is 35.5 Å². The Morgan fingerprint density at radius 3 is 2.56 bits per heavy atom. The maximum absolute atomic E-state index is 14.0. The molecule has 0 saturated heterocycles. The van der Waals surface area contributed by atoms with Crippen molar-refractivity contribution in [2.45, 2.75) is 31.7 Å². The van der Waals surface area contributed by atoms with Gasteiger partial charge in [-0.3, -0.25) is 19.4 Å². The number of fused-ring (bicyclic) bond motifs is 1. The molecule has 5 rings (SSSR count). The van der Waals surface area contributed by atoms with Crippen LogP contribution in [0.3, 0.4) is 0 Å². The number of aromatic nitrogens is 1. The van der Waals surface area contributed by atoms with E-state index in [0.29, 0.717) is 64.2 Å². The van der Waals surface area contributed by atoms with Gasteiger partial charge in [0.25, 0.3) is 11.8 Å². The Balaban J connectivity index is 1.35.